The largest absolute Gasteiger partial charge is 0.361 e. The van der Waals surface area contributed by atoms with Crippen molar-refractivity contribution >= 4 is 28.5 Å². The van der Waals surface area contributed by atoms with Gasteiger partial charge in [0.15, 0.2) is 0 Å². The molecule has 0 saturated heterocycles. The van der Waals surface area contributed by atoms with Crippen LogP contribution in [-0.4, -0.2) is 46.4 Å². The van der Waals surface area contributed by atoms with Gasteiger partial charge in [-0.25, -0.2) is 9.18 Å². The molecule has 0 bridgehead atoms. The fraction of sp³-hybridized carbons (Fsp3) is 0.267. The minimum atomic E-state index is -0.512. The molecule has 4 aromatic rings. The Labute approximate surface area is 217 Å². The molecule has 4 rings (SSSR count). The zero-order valence-corrected chi connectivity index (χ0v) is 21.1. The van der Waals surface area contributed by atoms with Gasteiger partial charge in [-0.05, 0) is 42.2 Å². The molecular weight excluding hydrogens is 467 g/mol. The summed E-state index contributed by atoms with van der Waals surface area (Å²) in [7, 11) is 0. The smallest absolute Gasteiger partial charge is 0.322 e. The lowest BCUT2D eigenvalue weighted by Crippen LogP contribution is -2.45. The van der Waals surface area contributed by atoms with E-state index in [2.05, 4.69) is 16.4 Å². The fourth-order valence-electron chi connectivity index (χ4n) is 4.31. The monoisotopic (exact) mass is 500 g/mol. The second kappa shape index (κ2) is 12.7. The molecule has 3 amide bonds. The number of nitrogens with one attached hydrogen (secondary N) is 2. The SMILES string of the molecule is CCCCN(CC(=O)N(CCc1c[nH]c2ccccc12)Cc1ccccc1)C(=O)Nc1ccccc1F. The molecule has 7 heteroatoms. The molecule has 0 atom stereocenters. The summed E-state index contributed by atoms with van der Waals surface area (Å²) in [5.41, 5.74) is 3.32. The third-order valence-electron chi connectivity index (χ3n) is 6.41. The van der Waals surface area contributed by atoms with E-state index in [9.17, 15) is 14.0 Å². The Bertz CT molecular complexity index is 1320. The van der Waals surface area contributed by atoms with Crippen LogP contribution >= 0.6 is 0 Å². The first-order valence-corrected chi connectivity index (χ1v) is 12.7. The van der Waals surface area contributed by atoms with Crippen LogP contribution in [0.5, 0.6) is 0 Å². The van der Waals surface area contributed by atoms with E-state index >= 15 is 0 Å². The van der Waals surface area contributed by atoms with Crippen molar-refractivity contribution in [2.75, 3.05) is 25.0 Å². The highest BCUT2D eigenvalue weighted by Gasteiger charge is 2.22. The van der Waals surface area contributed by atoms with Crippen molar-refractivity contribution < 1.29 is 14.0 Å². The first kappa shape index (κ1) is 25.9. The molecule has 3 aromatic carbocycles. The van der Waals surface area contributed by atoms with Gasteiger partial charge in [-0.15, -0.1) is 0 Å². The Balaban J connectivity index is 1.50. The maximum absolute atomic E-state index is 14.1. The number of fused-ring (bicyclic) bond motifs is 1. The number of H-pyrrole nitrogens is 1. The molecular formula is C30H33FN4O2. The number of rotatable bonds is 11. The predicted octanol–water partition coefficient (Wildman–Crippen LogP) is 6.21. The van der Waals surface area contributed by atoms with Crippen LogP contribution in [-0.2, 0) is 17.8 Å². The van der Waals surface area contributed by atoms with Crippen LogP contribution in [0.2, 0.25) is 0 Å². The lowest BCUT2D eigenvalue weighted by Gasteiger charge is -2.28. The van der Waals surface area contributed by atoms with Gasteiger partial charge in [0.2, 0.25) is 5.91 Å². The van der Waals surface area contributed by atoms with Crippen molar-refractivity contribution in [1.82, 2.24) is 14.8 Å². The summed E-state index contributed by atoms with van der Waals surface area (Å²) in [5.74, 6) is -0.662. The van der Waals surface area contributed by atoms with E-state index in [1.165, 1.54) is 17.0 Å². The molecule has 0 aliphatic heterocycles. The number of aromatic amines is 1. The maximum Gasteiger partial charge on any atom is 0.322 e. The molecule has 0 aliphatic rings. The van der Waals surface area contributed by atoms with Gasteiger partial charge in [-0.1, -0.05) is 74.0 Å². The third-order valence-corrected chi connectivity index (χ3v) is 6.41. The van der Waals surface area contributed by atoms with Crippen LogP contribution in [0.3, 0.4) is 0 Å². The van der Waals surface area contributed by atoms with Crippen LogP contribution in [0.1, 0.15) is 30.9 Å². The van der Waals surface area contributed by atoms with Crippen molar-refractivity contribution in [2.45, 2.75) is 32.7 Å². The van der Waals surface area contributed by atoms with E-state index in [0.717, 1.165) is 34.9 Å². The second-order valence-electron chi connectivity index (χ2n) is 9.10. The average Bonchev–Trinajstić information content (AvgIpc) is 3.33. The molecule has 1 aromatic heterocycles. The number of urea groups is 1. The van der Waals surface area contributed by atoms with Crippen LogP contribution in [0.4, 0.5) is 14.9 Å². The number of aromatic nitrogens is 1. The number of unbranched alkanes of at least 4 members (excludes halogenated alkanes) is 1. The van der Waals surface area contributed by atoms with Crippen LogP contribution in [0, 0.1) is 5.82 Å². The fourth-order valence-corrected chi connectivity index (χ4v) is 4.31. The van der Waals surface area contributed by atoms with Crippen molar-refractivity contribution in [1.29, 1.82) is 0 Å². The van der Waals surface area contributed by atoms with Crippen LogP contribution in [0.25, 0.3) is 10.9 Å². The highest BCUT2D eigenvalue weighted by molar-refractivity contribution is 5.92. The van der Waals surface area contributed by atoms with E-state index in [0.29, 0.717) is 26.1 Å². The second-order valence-corrected chi connectivity index (χ2v) is 9.10. The number of carbonyl (C=O) groups excluding carboxylic acids is 2. The summed E-state index contributed by atoms with van der Waals surface area (Å²) in [6.45, 7) is 3.30. The Morgan fingerprint density at radius 3 is 2.41 bits per heavy atom. The summed E-state index contributed by atoms with van der Waals surface area (Å²) in [6, 6.07) is 23.5. The quantitative estimate of drug-likeness (QED) is 0.257. The van der Waals surface area contributed by atoms with E-state index in [1.54, 1.807) is 17.0 Å². The molecule has 2 N–H and O–H groups in total. The molecule has 0 spiro atoms. The first-order chi connectivity index (χ1) is 18.0. The van der Waals surface area contributed by atoms with Gasteiger partial charge >= 0.3 is 6.03 Å². The topological polar surface area (TPSA) is 68.4 Å². The van der Waals surface area contributed by atoms with Crippen molar-refractivity contribution in [3.05, 3.63) is 102 Å². The molecule has 0 saturated carbocycles. The number of halogens is 1. The van der Waals surface area contributed by atoms with Gasteiger partial charge in [0.25, 0.3) is 0 Å². The number of carbonyl (C=O) groups is 2. The van der Waals surface area contributed by atoms with Crippen LogP contribution < -0.4 is 5.32 Å². The summed E-state index contributed by atoms with van der Waals surface area (Å²) in [5, 5.41) is 3.77. The average molecular weight is 501 g/mol. The van der Waals surface area contributed by atoms with Gasteiger partial charge < -0.3 is 20.1 Å². The molecule has 0 radical (unpaired) electrons. The number of nitrogens with zero attached hydrogens (tertiary/aromatic N) is 2. The summed E-state index contributed by atoms with van der Waals surface area (Å²) >= 11 is 0. The summed E-state index contributed by atoms with van der Waals surface area (Å²) < 4.78 is 14.1. The van der Waals surface area contributed by atoms with Gasteiger partial charge in [0.05, 0.1) is 5.69 Å². The molecule has 1 heterocycles. The lowest BCUT2D eigenvalue weighted by atomic mass is 10.1. The minimum absolute atomic E-state index is 0.0823. The van der Waals surface area contributed by atoms with Crippen molar-refractivity contribution in [2.24, 2.45) is 0 Å². The predicted molar refractivity (Wildman–Crippen MR) is 146 cm³/mol. The summed E-state index contributed by atoms with van der Waals surface area (Å²) in [4.78, 5) is 33.2. The third kappa shape index (κ3) is 6.97. The molecule has 37 heavy (non-hydrogen) atoms. The Morgan fingerprint density at radius 2 is 1.62 bits per heavy atom. The molecule has 6 nitrogen and oxygen atoms in total. The molecule has 0 unspecified atom stereocenters. The van der Waals surface area contributed by atoms with Crippen molar-refractivity contribution in [3.63, 3.8) is 0 Å². The zero-order valence-electron chi connectivity index (χ0n) is 21.1. The minimum Gasteiger partial charge on any atom is -0.361 e. The van der Waals surface area contributed by atoms with Gasteiger partial charge in [0.1, 0.15) is 12.4 Å². The standard InChI is InChI=1S/C30H33FN4O2/c1-2-3-18-35(30(37)33-28-16-10-8-14-26(28)31)22-29(36)34(21-23-11-5-4-6-12-23)19-17-24-20-32-27-15-9-7-13-25(24)27/h4-16,20,32H,2-3,17-19,21-22H2,1H3,(H,33,37). The first-order valence-electron chi connectivity index (χ1n) is 12.7. The Kier molecular flexibility index (Phi) is 8.92. The highest BCUT2D eigenvalue weighted by Crippen LogP contribution is 2.19. The van der Waals surface area contributed by atoms with Gasteiger partial charge in [-0.3, -0.25) is 4.79 Å². The van der Waals surface area contributed by atoms with Crippen molar-refractivity contribution in [3.8, 4) is 0 Å². The number of hydrogen-bond donors (Lipinski definition) is 2. The highest BCUT2D eigenvalue weighted by atomic mass is 19.1. The number of amides is 3. The van der Waals surface area contributed by atoms with E-state index in [-0.39, 0.29) is 18.1 Å². The molecule has 192 valence electrons. The molecule has 0 aliphatic carbocycles. The zero-order chi connectivity index (χ0) is 26.0. The van der Waals surface area contributed by atoms with Crippen LogP contribution in [0.15, 0.2) is 85.1 Å². The molecule has 0 fully saturated rings. The van der Waals surface area contributed by atoms with E-state index in [4.69, 9.17) is 0 Å². The Morgan fingerprint density at radius 1 is 0.892 bits per heavy atom. The number of hydrogen-bond acceptors (Lipinski definition) is 2. The maximum atomic E-state index is 14.1. The normalized spacial score (nSPS) is 10.9. The number of para-hydroxylation sites is 2. The lowest BCUT2D eigenvalue weighted by molar-refractivity contribution is -0.132. The van der Waals surface area contributed by atoms with E-state index in [1.807, 2.05) is 61.7 Å². The number of benzene rings is 3. The van der Waals surface area contributed by atoms with Gasteiger partial charge in [0, 0.05) is 36.7 Å². The van der Waals surface area contributed by atoms with E-state index < -0.39 is 11.8 Å². The Hall–Kier alpha value is -4.13. The summed E-state index contributed by atoms with van der Waals surface area (Å²) in [6.07, 6.45) is 4.28. The number of anilines is 1. The van der Waals surface area contributed by atoms with Gasteiger partial charge in [-0.2, -0.15) is 0 Å².